The molecule has 1 fully saturated rings. The number of aliphatic hydroxyl groups excluding tert-OH is 1. The van der Waals surface area contributed by atoms with E-state index in [-0.39, 0.29) is 18.0 Å². The second-order valence-electron chi connectivity index (χ2n) is 5.99. The summed E-state index contributed by atoms with van der Waals surface area (Å²) in [6.45, 7) is 0. The van der Waals surface area contributed by atoms with E-state index in [1.54, 1.807) is 10.9 Å². The molecule has 2 heterocycles. The first-order valence-corrected chi connectivity index (χ1v) is 7.74. The SMILES string of the molecule is O=C(Cc1c[nH]c2ccccc12)N[C@H]1C[C@@H](O)[C@@H]1n1cccn1. The molecule has 6 nitrogen and oxygen atoms in total. The molecule has 1 aliphatic carbocycles. The van der Waals surface area contributed by atoms with Gasteiger partial charge in [0.05, 0.1) is 24.6 Å². The lowest BCUT2D eigenvalue weighted by Crippen LogP contribution is -2.56. The summed E-state index contributed by atoms with van der Waals surface area (Å²) in [5, 5.41) is 18.2. The van der Waals surface area contributed by atoms with Gasteiger partial charge in [-0.1, -0.05) is 18.2 Å². The highest BCUT2D eigenvalue weighted by molar-refractivity contribution is 5.89. The summed E-state index contributed by atoms with van der Waals surface area (Å²) in [7, 11) is 0. The van der Waals surface area contributed by atoms with Gasteiger partial charge in [-0.05, 0) is 24.1 Å². The van der Waals surface area contributed by atoms with Crippen LogP contribution in [0.25, 0.3) is 10.9 Å². The molecule has 1 aliphatic rings. The number of aliphatic hydroxyl groups is 1. The summed E-state index contributed by atoms with van der Waals surface area (Å²) in [6, 6.07) is 9.48. The number of aromatic amines is 1. The molecule has 1 saturated carbocycles. The largest absolute Gasteiger partial charge is 0.391 e. The Labute approximate surface area is 133 Å². The van der Waals surface area contributed by atoms with E-state index < -0.39 is 6.10 Å². The number of nitrogens with zero attached hydrogens (tertiary/aromatic N) is 2. The monoisotopic (exact) mass is 310 g/mol. The number of hydrogen-bond donors (Lipinski definition) is 3. The van der Waals surface area contributed by atoms with Gasteiger partial charge in [-0.2, -0.15) is 5.10 Å². The minimum absolute atomic E-state index is 0.0381. The Balaban J connectivity index is 1.44. The third kappa shape index (κ3) is 2.51. The molecule has 4 rings (SSSR count). The Hall–Kier alpha value is -2.60. The third-order valence-corrected chi connectivity index (χ3v) is 4.50. The van der Waals surface area contributed by atoms with Crippen molar-refractivity contribution < 1.29 is 9.90 Å². The molecule has 0 unspecified atom stereocenters. The van der Waals surface area contributed by atoms with Crippen molar-refractivity contribution in [2.45, 2.75) is 31.0 Å². The van der Waals surface area contributed by atoms with Gasteiger partial charge in [0.25, 0.3) is 0 Å². The van der Waals surface area contributed by atoms with Gasteiger partial charge in [0.1, 0.15) is 0 Å². The number of H-pyrrole nitrogens is 1. The second-order valence-corrected chi connectivity index (χ2v) is 5.99. The van der Waals surface area contributed by atoms with Gasteiger partial charge >= 0.3 is 0 Å². The van der Waals surface area contributed by atoms with Crippen molar-refractivity contribution >= 4 is 16.8 Å². The average Bonchev–Trinajstić information content (AvgIpc) is 3.17. The highest BCUT2D eigenvalue weighted by atomic mass is 16.3. The molecule has 3 aromatic rings. The minimum atomic E-state index is -0.465. The van der Waals surface area contributed by atoms with Crippen LogP contribution in [-0.4, -0.2) is 37.9 Å². The molecule has 0 aliphatic heterocycles. The Kier molecular flexibility index (Phi) is 3.38. The van der Waals surface area contributed by atoms with Crippen LogP contribution in [-0.2, 0) is 11.2 Å². The van der Waals surface area contributed by atoms with Gasteiger partial charge in [0.2, 0.25) is 5.91 Å². The van der Waals surface area contributed by atoms with Crippen LogP contribution in [0.4, 0.5) is 0 Å². The first kappa shape index (κ1) is 14.0. The van der Waals surface area contributed by atoms with E-state index in [0.29, 0.717) is 12.8 Å². The van der Waals surface area contributed by atoms with Gasteiger partial charge in [-0.3, -0.25) is 9.48 Å². The standard InChI is InChI=1S/C17H18N4O2/c22-15-9-14(17(15)21-7-3-6-19-21)20-16(23)8-11-10-18-13-5-2-1-4-12(11)13/h1-7,10,14-15,17-18,22H,8-9H2,(H,20,23)/t14-,15+,17+/m0/s1. The van der Waals surface area contributed by atoms with E-state index in [1.807, 2.05) is 42.7 Å². The van der Waals surface area contributed by atoms with Gasteiger partial charge in [-0.25, -0.2) is 0 Å². The van der Waals surface area contributed by atoms with E-state index >= 15 is 0 Å². The zero-order chi connectivity index (χ0) is 15.8. The molecule has 0 radical (unpaired) electrons. The number of carbonyl (C=O) groups is 1. The Morgan fingerprint density at radius 3 is 3.04 bits per heavy atom. The molecule has 0 saturated heterocycles. The summed E-state index contributed by atoms with van der Waals surface area (Å²) < 4.78 is 1.71. The number of carbonyl (C=O) groups excluding carboxylic acids is 1. The van der Waals surface area contributed by atoms with Gasteiger partial charge < -0.3 is 15.4 Å². The van der Waals surface area contributed by atoms with Crippen LogP contribution in [0.2, 0.25) is 0 Å². The van der Waals surface area contributed by atoms with Gasteiger partial charge in [0, 0.05) is 29.5 Å². The molecule has 0 spiro atoms. The summed E-state index contributed by atoms with van der Waals surface area (Å²) in [5.74, 6) is -0.0381. The van der Waals surface area contributed by atoms with Crippen LogP contribution in [0.5, 0.6) is 0 Å². The normalized spacial score (nSPS) is 23.6. The number of benzene rings is 1. The Bertz CT molecular complexity index is 824. The van der Waals surface area contributed by atoms with Crippen LogP contribution >= 0.6 is 0 Å². The molecule has 1 amide bonds. The summed E-state index contributed by atoms with van der Waals surface area (Å²) in [6.07, 6.45) is 5.78. The molecule has 118 valence electrons. The number of aromatic nitrogens is 3. The molecule has 3 N–H and O–H groups in total. The zero-order valence-corrected chi connectivity index (χ0v) is 12.5. The average molecular weight is 310 g/mol. The predicted molar refractivity (Wildman–Crippen MR) is 85.8 cm³/mol. The quantitative estimate of drug-likeness (QED) is 0.681. The van der Waals surface area contributed by atoms with E-state index in [1.165, 1.54) is 0 Å². The fraction of sp³-hybridized carbons (Fsp3) is 0.294. The molecular formula is C17H18N4O2. The van der Waals surface area contributed by atoms with Crippen LogP contribution < -0.4 is 5.32 Å². The molecule has 2 aromatic heterocycles. The molecule has 1 aromatic carbocycles. The predicted octanol–water partition coefficient (Wildman–Crippen LogP) is 1.40. The van der Waals surface area contributed by atoms with Crippen molar-refractivity contribution in [3.8, 4) is 0 Å². The number of para-hydroxylation sites is 1. The Morgan fingerprint density at radius 2 is 2.26 bits per heavy atom. The smallest absolute Gasteiger partial charge is 0.224 e. The van der Waals surface area contributed by atoms with Crippen molar-refractivity contribution in [1.29, 1.82) is 0 Å². The lowest BCUT2D eigenvalue weighted by Gasteiger charge is -2.41. The summed E-state index contributed by atoms with van der Waals surface area (Å²) in [4.78, 5) is 15.5. The van der Waals surface area contributed by atoms with E-state index in [2.05, 4.69) is 15.4 Å². The molecule has 6 heteroatoms. The maximum atomic E-state index is 12.3. The van der Waals surface area contributed by atoms with Crippen molar-refractivity contribution in [3.63, 3.8) is 0 Å². The van der Waals surface area contributed by atoms with Gasteiger partial charge in [0.15, 0.2) is 0 Å². The van der Waals surface area contributed by atoms with Crippen LogP contribution in [0.15, 0.2) is 48.9 Å². The van der Waals surface area contributed by atoms with Gasteiger partial charge in [-0.15, -0.1) is 0 Å². The zero-order valence-electron chi connectivity index (χ0n) is 12.5. The molecule has 23 heavy (non-hydrogen) atoms. The number of fused-ring (bicyclic) bond motifs is 1. The number of amides is 1. The minimum Gasteiger partial charge on any atom is -0.391 e. The summed E-state index contributed by atoms with van der Waals surface area (Å²) in [5.41, 5.74) is 2.01. The van der Waals surface area contributed by atoms with E-state index in [4.69, 9.17) is 0 Å². The fourth-order valence-corrected chi connectivity index (χ4v) is 3.28. The van der Waals surface area contributed by atoms with Crippen LogP contribution in [0.3, 0.4) is 0 Å². The highest BCUT2D eigenvalue weighted by Crippen LogP contribution is 2.32. The molecule has 3 atom stereocenters. The van der Waals surface area contributed by atoms with Crippen LogP contribution in [0.1, 0.15) is 18.0 Å². The maximum absolute atomic E-state index is 12.3. The molecule has 0 bridgehead atoms. The molecular weight excluding hydrogens is 292 g/mol. The lowest BCUT2D eigenvalue weighted by molar-refractivity contribution is -0.124. The number of rotatable bonds is 4. The van der Waals surface area contributed by atoms with Crippen LogP contribution in [0, 0.1) is 0 Å². The number of hydrogen-bond acceptors (Lipinski definition) is 3. The van der Waals surface area contributed by atoms with E-state index in [0.717, 1.165) is 16.5 Å². The topological polar surface area (TPSA) is 82.9 Å². The first-order chi connectivity index (χ1) is 11.2. The lowest BCUT2D eigenvalue weighted by atomic mass is 9.83. The fourth-order valence-electron chi connectivity index (χ4n) is 3.28. The second kappa shape index (κ2) is 5.55. The number of nitrogens with one attached hydrogen (secondary N) is 2. The van der Waals surface area contributed by atoms with Crippen molar-refractivity contribution in [3.05, 3.63) is 54.5 Å². The first-order valence-electron chi connectivity index (χ1n) is 7.74. The van der Waals surface area contributed by atoms with Crippen molar-refractivity contribution in [2.24, 2.45) is 0 Å². The van der Waals surface area contributed by atoms with Crippen molar-refractivity contribution in [2.75, 3.05) is 0 Å². The highest BCUT2D eigenvalue weighted by Gasteiger charge is 2.42. The maximum Gasteiger partial charge on any atom is 0.224 e. The van der Waals surface area contributed by atoms with E-state index in [9.17, 15) is 9.90 Å². The Morgan fingerprint density at radius 1 is 1.39 bits per heavy atom. The summed E-state index contributed by atoms with van der Waals surface area (Å²) >= 11 is 0. The van der Waals surface area contributed by atoms with Crippen molar-refractivity contribution in [1.82, 2.24) is 20.1 Å². The third-order valence-electron chi connectivity index (χ3n) is 4.50.